The number of rotatable bonds is 5. The van der Waals surface area contributed by atoms with Crippen molar-refractivity contribution in [1.29, 1.82) is 0 Å². The number of aromatic nitrogens is 2. The van der Waals surface area contributed by atoms with Crippen molar-refractivity contribution >= 4 is 11.4 Å². The average molecular weight is 379 g/mol. The van der Waals surface area contributed by atoms with Crippen LogP contribution in [0, 0.1) is 10.1 Å². The van der Waals surface area contributed by atoms with Crippen molar-refractivity contribution in [2.75, 3.05) is 31.1 Å². The van der Waals surface area contributed by atoms with Gasteiger partial charge in [0.2, 0.25) is 11.8 Å². The summed E-state index contributed by atoms with van der Waals surface area (Å²) in [6.45, 7) is 5.76. The number of nitro groups is 1. The summed E-state index contributed by atoms with van der Waals surface area (Å²) in [7, 11) is 0. The average Bonchev–Trinajstić information content (AvgIpc) is 3.24. The van der Waals surface area contributed by atoms with Crippen molar-refractivity contribution in [1.82, 2.24) is 15.1 Å². The van der Waals surface area contributed by atoms with E-state index >= 15 is 0 Å². The molecule has 2 heterocycles. The van der Waals surface area contributed by atoms with Gasteiger partial charge in [0.15, 0.2) is 0 Å². The first-order valence-corrected chi connectivity index (χ1v) is 9.24. The van der Waals surface area contributed by atoms with Crippen LogP contribution in [0.1, 0.15) is 18.9 Å². The lowest BCUT2D eigenvalue weighted by atomic mass is 10.2. The monoisotopic (exact) mass is 379 g/mol. The maximum absolute atomic E-state index is 10.8. The van der Waals surface area contributed by atoms with Crippen LogP contribution in [0.4, 0.5) is 11.4 Å². The molecule has 144 valence electrons. The Labute approximate surface area is 162 Å². The van der Waals surface area contributed by atoms with Gasteiger partial charge < -0.3 is 9.32 Å². The predicted molar refractivity (Wildman–Crippen MR) is 105 cm³/mol. The van der Waals surface area contributed by atoms with Crippen LogP contribution in [-0.2, 0) is 0 Å². The van der Waals surface area contributed by atoms with Gasteiger partial charge in [-0.25, -0.2) is 0 Å². The third-order valence-electron chi connectivity index (χ3n) is 5.11. The summed E-state index contributed by atoms with van der Waals surface area (Å²) in [6, 6.07) is 16.5. The Morgan fingerprint density at radius 2 is 1.68 bits per heavy atom. The molecule has 0 bridgehead atoms. The van der Waals surface area contributed by atoms with E-state index in [0.29, 0.717) is 17.3 Å². The zero-order chi connectivity index (χ0) is 19.5. The smallest absolute Gasteiger partial charge is 0.269 e. The molecule has 0 radical (unpaired) electrons. The van der Waals surface area contributed by atoms with Crippen molar-refractivity contribution in [3.05, 3.63) is 70.6 Å². The molecule has 0 N–H and O–H groups in total. The summed E-state index contributed by atoms with van der Waals surface area (Å²) in [4.78, 5) is 15.0. The number of hydrogen-bond donors (Lipinski definition) is 0. The lowest BCUT2D eigenvalue weighted by molar-refractivity contribution is -0.384. The Kier molecular flexibility index (Phi) is 5.03. The van der Waals surface area contributed by atoms with Crippen molar-refractivity contribution in [2.45, 2.75) is 13.0 Å². The highest BCUT2D eigenvalue weighted by Gasteiger charge is 2.26. The highest BCUT2D eigenvalue weighted by atomic mass is 16.6. The van der Waals surface area contributed by atoms with Gasteiger partial charge in [0.25, 0.3) is 5.69 Å². The summed E-state index contributed by atoms with van der Waals surface area (Å²) < 4.78 is 5.85. The fraction of sp³-hybridized carbons (Fsp3) is 0.300. The maximum Gasteiger partial charge on any atom is 0.269 e. The predicted octanol–water partition coefficient (Wildman–Crippen LogP) is 3.53. The molecule has 0 aliphatic carbocycles. The lowest BCUT2D eigenvalue weighted by Gasteiger charge is -2.38. The van der Waals surface area contributed by atoms with Gasteiger partial charge in [-0.3, -0.25) is 15.0 Å². The van der Waals surface area contributed by atoms with E-state index in [9.17, 15) is 10.1 Å². The number of nitrogens with zero attached hydrogens (tertiary/aromatic N) is 5. The molecular formula is C20H21N5O3. The van der Waals surface area contributed by atoms with E-state index in [1.165, 1.54) is 17.8 Å². The molecule has 3 aromatic rings. The van der Waals surface area contributed by atoms with Crippen molar-refractivity contribution in [3.8, 4) is 11.5 Å². The number of non-ortho nitro benzene ring substituents is 1. The second-order valence-corrected chi connectivity index (χ2v) is 6.78. The molecule has 0 spiro atoms. The molecule has 1 fully saturated rings. The molecule has 28 heavy (non-hydrogen) atoms. The van der Waals surface area contributed by atoms with Gasteiger partial charge in [-0.1, -0.05) is 18.2 Å². The minimum absolute atomic E-state index is 0.0113. The van der Waals surface area contributed by atoms with E-state index in [2.05, 4.69) is 51.2 Å². The Balaban J connectivity index is 1.41. The fourth-order valence-corrected chi connectivity index (χ4v) is 3.41. The highest BCUT2D eigenvalue weighted by molar-refractivity contribution is 5.55. The quantitative estimate of drug-likeness (QED) is 0.495. The van der Waals surface area contributed by atoms with E-state index in [0.717, 1.165) is 26.2 Å². The molecule has 0 amide bonds. The highest BCUT2D eigenvalue weighted by Crippen LogP contribution is 2.26. The number of nitro benzene ring substituents is 1. The van der Waals surface area contributed by atoms with Gasteiger partial charge in [-0.05, 0) is 31.2 Å². The van der Waals surface area contributed by atoms with Crippen LogP contribution >= 0.6 is 0 Å². The van der Waals surface area contributed by atoms with Gasteiger partial charge in [-0.15, -0.1) is 10.2 Å². The molecule has 1 aliphatic heterocycles. The van der Waals surface area contributed by atoms with Crippen molar-refractivity contribution < 1.29 is 9.34 Å². The number of anilines is 1. The first-order valence-electron chi connectivity index (χ1n) is 9.24. The normalized spacial score (nSPS) is 16.1. The Morgan fingerprint density at radius 3 is 2.32 bits per heavy atom. The van der Waals surface area contributed by atoms with Crippen LogP contribution in [0.2, 0.25) is 0 Å². The molecule has 8 heteroatoms. The SMILES string of the molecule is CC(c1nnc(-c2ccc([N+](=O)[O-])cc2)o1)N1CCN(c2ccccc2)CC1. The van der Waals surface area contributed by atoms with Gasteiger partial charge in [0.05, 0.1) is 11.0 Å². The van der Waals surface area contributed by atoms with E-state index in [1.807, 2.05) is 6.07 Å². The molecular weight excluding hydrogens is 358 g/mol. The lowest BCUT2D eigenvalue weighted by Crippen LogP contribution is -2.47. The summed E-state index contributed by atoms with van der Waals surface area (Å²) in [5, 5.41) is 19.1. The number of hydrogen-bond acceptors (Lipinski definition) is 7. The molecule has 1 unspecified atom stereocenters. The van der Waals surface area contributed by atoms with Gasteiger partial charge in [0.1, 0.15) is 0 Å². The summed E-state index contributed by atoms with van der Waals surface area (Å²) >= 11 is 0. The molecule has 1 aromatic heterocycles. The standard InChI is InChI=1S/C20H21N5O3/c1-15(23-11-13-24(14-12-23)17-5-3-2-4-6-17)19-21-22-20(28-19)16-7-9-18(10-8-16)25(26)27/h2-10,15H,11-14H2,1H3. The number of piperazine rings is 1. The summed E-state index contributed by atoms with van der Waals surface area (Å²) in [5.41, 5.74) is 1.95. The van der Waals surface area contributed by atoms with E-state index in [4.69, 9.17) is 4.42 Å². The van der Waals surface area contributed by atoms with Crippen molar-refractivity contribution in [3.63, 3.8) is 0 Å². The van der Waals surface area contributed by atoms with E-state index in [-0.39, 0.29) is 11.7 Å². The van der Waals surface area contributed by atoms with E-state index in [1.54, 1.807) is 12.1 Å². The Bertz CT molecular complexity index is 934. The molecule has 1 saturated heterocycles. The first-order chi connectivity index (χ1) is 13.6. The summed E-state index contributed by atoms with van der Waals surface area (Å²) in [6.07, 6.45) is 0. The molecule has 1 aliphatic rings. The zero-order valence-corrected chi connectivity index (χ0v) is 15.6. The molecule has 0 saturated carbocycles. The van der Waals surface area contributed by atoms with E-state index < -0.39 is 4.92 Å². The number of para-hydroxylation sites is 1. The van der Waals surface area contributed by atoms with Crippen LogP contribution in [0.25, 0.3) is 11.5 Å². The van der Waals surface area contributed by atoms with Crippen LogP contribution in [0.5, 0.6) is 0 Å². The Hall–Kier alpha value is -3.26. The van der Waals surface area contributed by atoms with Gasteiger partial charge >= 0.3 is 0 Å². The van der Waals surface area contributed by atoms with Crippen LogP contribution in [0.3, 0.4) is 0 Å². The largest absolute Gasteiger partial charge is 0.419 e. The summed E-state index contributed by atoms with van der Waals surface area (Å²) in [5.74, 6) is 0.932. The van der Waals surface area contributed by atoms with Crippen molar-refractivity contribution in [2.24, 2.45) is 0 Å². The second kappa shape index (κ2) is 7.77. The third-order valence-corrected chi connectivity index (χ3v) is 5.11. The fourth-order valence-electron chi connectivity index (χ4n) is 3.41. The zero-order valence-electron chi connectivity index (χ0n) is 15.6. The Morgan fingerprint density at radius 1 is 1.00 bits per heavy atom. The first kappa shape index (κ1) is 18.1. The topological polar surface area (TPSA) is 88.5 Å². The third kappa shape index (κ3) is 3.72. The van der Waals surface area contributed by atoms with Crippen LogP contribution in [-0.4, -0.2) is 46.2 Å². The van der Waals surface area contributed by atoms with Crippen LogP contribution in [0.15, 0.2) is 59.0 Å². The molecule has 1 atom stereocenters. The number of benzene rings is 2. The second-order valence-electron chi connectivity index (χ2n) is 6.78. The minimum atomic E-state index is -0.430. The maximum atomic E-state index is 10.8. The van der Waals surface area contributed by atoms with Gasteiger partial charge in [-0.2, -0.15) is 0 Å². The van der Waals surface area contributed by atoms with Crippen LogP contribution < -0.4 is 4.90 Å². The minimum Gasteiger partial charge on any atom is -0.419 e. The molecule has 2 aromatic carbocycles. The van der Waals surface area contributed by atoms with Gasteiger partial charge in [0, 0.05) is 49.6 Å². The molecule has 4 rings (SSSR count). The molecule has 8 nitrogen and oxygen atoms in total.